The van der Waals surface area contributed by atoms with E-state index in [-0.39, 0.29) is 12.0 Å². The molecule has 2 aromatic rings. The van der Waals surface area contributed by atoms with Gasteiger partial charge in [-0.25, -0.2) is 0 Å². The van der Waals surface area contributed by atoms with Crippen molar-refractivity contribution in [1.82, 2.24) is 4.98 Å². The number of halogens is 1. The molecule has 1 aromatic carbocycles. The summed E-state index contributed by atoms with van der Waals surface area (Å²) in [6.45, 7) is 2.30. The van der Waals surface area contributed by atoms with Crippen LogP contribution in [0.25, 0.3) is 0 Å². The van der Waals surface area contributed by atoms with Crippen LogP contribution in [0, 0.1) is 5.41 Å². The van der Waals surface area contributed by atoms with E-state index in [2.05, 4.69) is 27.8 Å². The van der Waals surface area contributed by atoms with Crippen LogP contribution in [0.2, 0.25) is 0 Å². The first-order chi connectivity index (χ1) is 10.5. The largest absolute Gasteiger partial charge is 0.495 e. The van der Waals surface area contributed by atoms with Crippen molar-refractivity contribution in [1.29, 1.82) is 0 Å². The maximum atomic E-state index is 11.2. The third kappa shape index (κ3) is 2.75. The van der Waals surface area contributed by atoms with Crippen molar-refractivity contribution in [3.63, 3.8) is 0 Å². The van der Waals surface area contributed by atoms with Gasteiger partial charge in [0.25, 0.3) is 0 Å². The van der Waals surface area contributed by atoms with E-state index in [0.717, 1.165) is 22.2 Å². The number of aromatic nitrogens is 1. The molecule has 4 nitrogen and oxygen atoms in total. The molecular formula is C16H18BrNO3S. The van der Waals surface area contributed by atoms with Crippen molar-refractivity contribution in [3.8, 4) is 11.5 Å². The lowest BCUT2D eigenvalue weighted by atomic mass is 9.85. The van der Waals surface area contributed by atoms with Gasteiger partial charge in [0.2, 0.25) is 0 Å². The molecule has 1 aromatic heterocycles. The summed E-state index contributed by atoms with van der Waals surface area (Å²) in [7, 11) is 1.61. The Bertz CT molecular complexity index is 657. The molecule has 0 spiro atoms. The van der Waals surface area contributed by atoms with Crippen LogP contribution in [0.15, 0.2) is 34.4 Å². The quantitative estimate of drug-likeness (QED) is 0.819. The van der Waals surface area contributed by atoms with E-state index in [1.165, 1.54) is 11.3 Å². The molecule has 3 rings (SSSR count). The van der Waals surface area contributed by atoms with E-state index in [9.17, 15) is 5.11 Å². The first-order valence-electron chi connectivity index (χ1n) is 7.06. The molecule has 22 heavy (non-hydrogen) atoms. The van der Waals surface area contributed by atoms with Gasteiger partial charge in [-0.1, -0.05) is 6.92 Å². The number of hydrogen-bond donors (Lipinski definition) is 1. The molecule has 0 amide bonds. The average molecular weight is 384 g/mol. The molecule has 1 aliphatic rings. The summed E-state index contributed by atoms with van der Waals surface area (Å²) >= 11 is 4.89. The Labute approximate surface area is 142 Å². The van der Waals surface area contributed by atoms with Crippen LogP contribution in [0.5, 0.6) is 11.5 Å². The summed E-state index contributed by atoms with van der Waals surface area (Å²) in [6.07, 6.45) is 3.72. The van der Waals surface area contributed by atoms with Crippen molar-refractivity contribution in [2.45, 2.75) is 25.4 Å². The first-order valence-corrected chi connectivity index (χ1v) is 8.73. The highest BCUT2D eigenvalue weighted by molar-refractivity contribution is 9.10. The van der Waals surface area contributed by atoms with Gasteiger partial charge < -0.3 is 14.6 Å². The summed E-state index contributed by atoms with van der Waals surface area (Å²) < 4.78 is 12.0. The van der Waals surface area contributed by atoms with Crippen molar-refractivity contribution in [3.05, 3.63) is 39.3 Å². The number of nitrogens with zero attached hydrogens (tertiary/aromatic N) is 1. The van der Waals surface area contributed by atoms with Crippen LogP contribution in [0.3, 0.4) is 0 Å². The van der Waals surface area contributed by atoms with E-state index in [4.69, 9.17) is 9.47 Å². The Hall–Kier alpha value is -1.11. The number of ether oxygens (including phenoxy) is 2. The van der Waals surface area contributed by atoms with Gasteiger partial charge in [-0.15, -0.1) is 11.3 Å². The van der Waals surface area contributed by atoms with Crippen LogP contribution in [0.4, 0.5) is 0 Å². The van der Waals surface area contributed by atoms with Gasteiger partial charge in [0.05, 0.1) is 22.0 Å². The Morgan fingerprint density at radius 3 is 2.82 bits per heavy atom. The third-order valence-electron chi connectivity index (χ3n) is 4.41. The Kier molecular flexibility index (Phi) is 4.18. The van der Waals surface area contributed by atoms with Crippen molar-refractivity contribution in [2.75, 3.05) is 13.7 Å². The molecule has 0 radical (unpaired) electrons. The van der Waals surface area contributed by atoms with Crippen LogP contribution < -0.4 is 9.47 Å². The predicted molar refractivity (Wildman–Crippen MR) is 89.5 cm³/mol. The second-order valence-electron chi connectivity index (χ2n) is 5.87. The standard InChI is InChI=1S/C16H18BrNO3S/c1-15(5-6-15)16(19,14-8-18-10-22-14)9-21-11-3-4-12(17)13(7-11)20-2/h3-4,7-8,10,19H,5-6,9H2,1-2H3. The Morgan fingerprint density at radius 2 is 2.23 bits per heavy atom. The van der Waals surface area contributed by atoms with Crippen LogP contribution in [-0.2, 0) is 5.60 Å². The number of rotatable bonds is 6. The molecule has 1 saturated carbocycles. The zero-order chi connectivity index (χ0) is 15.8. The molecule has 0 saturated heterocycles. The molecule has 1 atom stereocenters. The molecule has 1 unspecified atom stereocenters. The van der Waals surface area contributed by atoms with Crippen molar-refractivity contribution in [2.24, 2.45) is 5.41 Å². The van der Waals surface area contributed by atoms with Gasteiger partial charge in [0.15, 0.2) is 0 Å². The van der Waals surface area contributed by atoms with E-state index in [0.29, 0.717) is 11.5 Å². The number of methoxy groups -OCH3 is 1. The number of aliphatic hydroxyl groups is 1. The highest BCUT2D eigenvalue weighted by atomic mass is 79.9. The second kappa shape index (κ2) is 5.83. The fraction of sp³-hybridized carbons (Fsp3) is 0.438. The highest BCUT2D eigenvalue weighted by Crippen LogP contribution is 2.58. The zero-order valence-corrected chi connectivity index (χ0v) is 14.9. The zero-order valence-electron chi connectivity index (χ0n) is 12.5. The number of hydrogen-bond acceptors (Lipinski definition) is 5. The third-order valence-corrected chi connectivity index (χ3v) is 5.99. The van der Waals surface area contributed by atoms with E-state index in [1.54, 1.807) is 18.8 Å². The summed E-state index contributed by atoms with van der Waals surface area (Å²) in [5.74, 6) is 1.38. The van der Waals surface area contributed by atoms with Crippen LogP contribution >= 0.6 is 27.3 Å². The van der Waals surface area contributed by atoms with Crippen molar-refractivity contribution >= 4 is 27.3 Å². The Balaban J connectivity index is 1.81. The minimum Gasteiger partial charge on any atom is -0.495 e. The summed E-state index contributed by atoms with van der Waals surface area (Å²) in [4.78, 5) is 4.96. The summed E-state index contributed by atoms with van der Waals surface area (Å²) in [5, 5.41) is 11.2. The van der Waals surface area contributed by atoms with Gasteiger partial charge in [-0.3, -0.25) is 4.98 Å². The van der Waals surface area contributed by atoms with Gasteiger partial charge >= 0.3 is 0 Å². The number of benzene rings is 1. The lowest BCUT2D eigenvalue weighted by Crippen LogP contribution is -2.40. The summed E-state index contributed by atoms with van der Waals surface area (Å²) in [5.41, 5.74) is 0.599. The number of thiazole rings is 1. The molecule has 0 aliphatic heterocycles. The molecule has 118 valence electrons. The molecule has 6 heteroatoms. The predicted octanol–water partition coefficient (Wildman–Crippen LogP) is 3.98. The monoisotopic (exact) mass is 383 g/mol. The molecule has 1 aliphatic carbocycles. The minimum absolute atomic E-state index is 0.140. The maximum Gasteiger partial charge on any atom is 0.139 e. The SMILES string of the molecule is COc1cc(OCC(O)(c2cncs2)C2(C)CC2)ccc1Br. The smallest absolute Gasteiger partial charge is 0.139 e. The van der Waals surface area contributed by atoms with E-state index in [1.807, 2.05) is 18.2 Å². The average Bonchev–Trinajstić information content (AvgIpc) is 3.05. The highest BCUT2D eigenvalue weighted by Gasteiger charge is 2.57. The lowest BCUT2D eigenvalue weighted by Gasteiger charge is -2.33. The maximum absolute atomic E-state index is 11.2. The molecule has 1 N–H and O–H groups in total. The summed E-state index contributed by atoms with van der Waals surface area (Å²) in [6, 6.07) is 5.54. The normalized spacial score (nSPS) is 18.5. The van der Waals surface area contributed by atoms with Crippen LogP contribution in [0.1, 0.15) is 24.6 Å². The van der Waals surface area contributed by atoms with Crippen LogP contribution in [-0.4, -0.2) is 23.8 Å². The van der Waals surface area contributed by atoms with Gasteiger partial charge in [0.1, 0.15) is 23.7 Å². The lowest BCUT2D eigenvalue weighted by molar-refractivity contribution is -0.0638. The molecular weight excluding hydrogens is 366 g/mol. The molecule has 1 heterocycles. The Morgan fingerprint density at radius 1 is 1.45 bits per heavy atom. The molecule has 0 bridgehead atoms. The fourth-order valence-corrected chi connectivity index (χ4v) is 3.75. The van der Waals surface area contributed by atoms with Crippen molar-refractivity contribution < 1.29 is 14.6 Å². The van der Waals surface area contributed by atoms with E-state index >= 15 is 0 Å². The first kappa shape index (κ1) is 15.8. The van der Waals surface area contributed by atoms with E-state index < -0.39 is 5.60 Å². The second-order valence-corrected chi connectivity index (χ2v) is 7.61. The van der Waals surface area contributed by atoms with Gasteiger partial charge in [-0.2, -0.15) is 0 Å². The minimum atomic E-state index is -1.01. The molecule has 1 fully saturated rings. The van der Waals surface area contributed by atoms with Gasteiger partial charge in [0, 0.05) is 17.7 Å². The fourth-order valence-electron chi connectivity index (χ4n) is 2.48. The van der Waals surface area contributed by atoms with Gasteiger partial charge in [-0.05, 0) is 40.9 Å². The topological polar surface area (TPSA) is 51.6 Å².